The lowest BCUT2D eigenvalue weighted by atomic mass is 9.75. The molecule has 1 aliphatic rings. The van der Waals surface area contributed by atoms with Gasteiger partial charge >= 0.3 is 0 Å². The molecule has 1 aliphatic carbocycles. The summed E-state index contributed by atoms with van der Waals surface area (Å²) in [5.74, 6) is 1.64. The van der Waals surface area contributed by atoms with Crippen molar-refractivity contribution in [3.05, 3.63) is 22.4 Å². The van der Waals surface area contributed by atoms with Gasteiger partial charge in [0.2, 0.25) is 0 Å². The van der Waals surface area contributed by atoms with Crippen molar-refractivity contribution in [2.24, 2.45) is 5.92 Å². The average molecular weight is 223 g/mol. The summed E-state index contributed by atoms with van der Waals surface area (Å²) in [7, 11) is 0. The topological polar surface area (TPSA) is 12.0 Å². The minimum Gasteiger partial charge on any atom is -0.314 e. The highest BCUT2D eigenvalue weighted by atomic mass is 32.1. The summed E-state index contributed by atoms with van der Waals surface area (Å²) < 4.78 is 0. The molecule has 0 amide bonds. The Morgan fingerprint density at radius 2 is 2.33 bits per heavy atom. The fourth-order valence-corrected chi connectivity index (χ4v) is 3.47. The van der Waals surface area contributed by atoms with Crippen LogP contribution in [0.5, 0.6) is 0 Å². The van der Waals surface area contributed by atoms with Crippen LogP contribution in [0.1, 0.15) is 44.6 Å². The quantitative estimate of drug-likeness (QED) is 0.825. The van der Waals surface area contributed by atoms with Crippen molar-refractivity contribution in [3.8, 4) is 0 Å². The molecule has 1 fully saturated rings. The van der Waals surface area contributed by atoms with Gasteiger partial charge in [0.05, 0.1) is 0 Å². The molecule has 1 aromatic heterocycles. The highest BCUT2D eigenvalue weighted by molar-refractivity contribution is 7.07. The Morgan fingerprint density at radius 3 is 3.00 bits per heavy atom. The van der Waals surface area contributed by atoms with Gasteiger partial charge in [-0.05, 0) is 60.0 Å². The maximum Gasteiger partial charge on any atom is 0.00729 e. The molecule has 2 heteroatoms. The monoisotopic (exact) mass is 223 g/mol. The van der Waals surface area contributed by atoms with Crippen LogP contribution in [0.25, 0.3) is 0 Å². The maximum absolute atomic E-state index is 3.60. The van der Waals surface area contributed by atoms with E-state index >= 15 is 0 Å². The van der Waals surface area contributed by atoms with Crippen LogP contribution in [0.4, 0.5) is 0 Å². The molecule has 3 atom stereocenters. The Labute approximate surface area is 96.9 Å². The van der Waals surface area contributed by atoms with Gasteiger partial charge < -0.3 is 5.32 Å². The van der Waals surface area contributed by atoms with Crippen molar-refractivity contribution in [1.82, 2.24) is 5.32 Å². The van der Waals surface area contributed by atoms with Crippen LogP contribution in [0.2, 0.25) is 0 Å². The lowest BCUT2D eigenvalue weighted by molar-refractivity contribution is 0.271. The first-order valence-electron chi connectivity index (χ1n) is 6.06. The lowest BCUT2D eigenvalue weighted by Gasteiger charge is -2.34. The lowest BCUT2D eigenvalue weighted by Crippen LogP contribution is -2.35. The van der Waals surface area contributed by atoms with E-state index in [1.807, 2.05) is 11.3 Å². The Morgan fingerprint density at radius 1 is 1.47 bits per heavy atom. The summed E-state index contributed by atoms with van der Waals surface area (Å²) in [5, 5.41) is 8.14. The first-order chi connectivity index (χ1) is 7.31. The van der Waals surface area contributed by atoms with Crippen molar-refractivity contribution in [2.45, 2.75) is 45.1 Å². The smallest absolute Gasteiger partial charge is 0.00729 e. The van der Waals surface area contributed by atoms with Crippen LogP contribution in [-0.2, 0) is 0 Å². The fourth-order valence-electron chi connectivity index (χ4n) is 2.75. The van der Waals surface area contributed by atoms with Crippen LogP contribution in [-0.4, -0.2) is 12.6 Å². The summed E-state index contributed by atoms with van der Waals surface area (Å²) in [6, 6.07) is 3.05. The summed E-state index contributed by atoms with van der Waals surface area (Å²) in [4.78, 5) is 0. The van der Waals surface area contributed by atoms with E-state index in [0.717, 1.165) is 24.4 Å². The number of hydrogen-bond acceptors (Lipinski definition) is 2. The van der Waals surface area contributed by atoms with Gasteiger partial charge in [-0.15, -0.1) is 0 Å². The van der Waals surface area contributed by atoms with Gasteiger partial charge in [0, 0.05) is 6.04 Å². The first-order valence-corrected chi connectivity index (χ1v) is 7.01. The molecule has 0 bridgehead atoms. The van der Waals surface area contributed by atoms with E-state index < -0.39 is 0 Å². The average Bonchev–Trinajstić information content (AvgIpc) is 2.74. The molecule has 2 rings (SSSR count). The van der Waals surface area contributed by atoms with Gasteiger partial charge in [-0.25, -0.2) is 0 Å². The molecule has 0 radical (unpaired) electrons. The number of hydrogen-bond donors (Lipinski definition) is 1. The zero-order valence-electron chi connectivity index (χ0n) is 9.70. The molecule has 84 valence electrons. The van der Waals surface area contributed by atoms with Crippen LogP contribution in [0, 0.1) is 5.92 Å². The first kappa shape index (κ1) is 11.2. The van der Waals surface area contributed by atoms with Crippen LogP contribution < -0.4 is 5.32 Å². The Kier molecular flexibility index (Phi) is 3.81. The predicted molar refractivity (Wildman–Crippen MR) is 67.5 cm³/mol. The second-order valence-corrected chi connectivity index (χ2v) is 5.49. The second kappa shape index (κ2) is 5.13. The van der Waals surface area contributed by atoms with Gasteiger partial charge in [-0.2, -0.15) is 11.3 Å². The molecular weight excluding hydrogens is 202 g/mol. The Bertz CT molecular complexity index is 281. The summed E-state index contributed by atoms with van der Waals surface area (Å²) >= 11 is 1.83. The van der Waals surface area contributed by atoms with E-state index in [1.54, 1.807) is 5.56 Å². The van der Waals surface area contributed by atoms with Crippen LogP contribution in [0.15, 0.2) is 16.8 Å². The summed E-state index contributed by atoms with van der Waals surface area (Å²) in [6.45, 7) is 5.72. The number of nitrogens with one attached hydrogen (secondary N) is 1. The minimum atomic E-state index is 0.746. The van der Waals surface area contributed by atoms with E-state index in [-0.39, 0.29) is 0 Å². The van der Waals surface area contributed by atoms with Crippen molar-refractivity contribution in [2.75, 3.05) is 6.54 Å². The number of rotatable bonds is 3. The van der Waals surface area contributed by atoms with Crippen LogP contribution >= 0.6 is 11.3 Å². The van der Waals surface area contributed by atoms with Gasteiger partial charge in [-0.1, -0.05) is 13.8 Å². The minimum absolute atomic E-state index is 0.746. The molecule has 0 saturated heterocycles. The third-order valence-corrected chi connectivity index (χ3v) is 4.36. The van der Waals surface area contributed by atoms with Crippen molar-refractivity contribution in [1.29, 1.82) is 0 Å². The van der Waals surface area contributed by atoms with E-state index in [1.165, 1.54) is 19.3 Å². The van der Waals surface area contributed by atoms with E-state index in [9.17, 15) is 0 Å². The number of thiophene rings is 1. The standard InChI is InChI=1S/C13H21NS/c1-3-14-12-5-4-10(2)13(8-12)11-6-7-15-9-11/h6-7,9-10,12-14H,3-5,8H2,1-2H3. The van der Waals surface area contributed by atoms with Gasteiger partial charge in [-0.3, -0.25) is 0 Å². The van der Waals surface area contributed by atoms with Gasteiger partial charge in [0.25, 0.3) is 0 Å². The van der Waals surface area contributed by atoms with Crippen LogP contribution in [0.3, 0.4) is 0 Å². The van der Waals surface area contributed by atoms with Crippen molar-refractivity contribution >= 4 is 11.3 Å². The summed E-state index contributed by atoms with van der Waals surface area (Å²) in [6.07, 6.45) is 4.06. The zero-order chi connectivity index (χ0) is 10.7. The van der Waals surface area contributed by atoms with Gasteiger partial charge in [0.15, 0.2) is 0 Å². The van der Waals surface area contributed by atoms with Gasteiger partial charge in [0.1, 0.15) is 0 Å². The molecule has 3 unspecified atom stereocenters. The molecule has 1 saturated carbocycles. The van der Waals surface area contributed by atoms with E-state index in [0.29, 0.717) is 0 Å². The highest BCUT2D eigenvalue weighted by Crippen LogP contribution is 2.38. The molecule has 0 spiro atoms. The fraction of sp³-hybridized carbons (Fsp3) is 0.692. The third kappa shape index (κ3) is 2.61. The molecule has 1 heterocycles. The normalized spacial score (nSPS) is 31.7. The van der Waals surface area contributed by atoms with E-state index in [4.69, 9.17) is 0 Å². The molecular formula is C13H21NS. The predicted octanol–water partition coefficient (Wildman–Crippen LogP) is 3.63. The Balaban J connectivity index is 2.02. The Hall–Kier alpha value is -0.340. The van der Waals surface area contributed by atoms with Crippen molar-refractivity contribution in [3.63, 3.8) is 0 Å². The highest BCUT2D eigenvalue weighted by Gasteiger charge is 2.28. The second-order valence-electron chi connectivity index (χ2n) is 4.71. The summed E-state index contributed by atoms with van der Waals surface area (Å²) in [5.41, 5.74) is 1.56. The molecule has 1 nitrogen and oxygen atoms in total. The zero-order valence-corrected chi connectivity index (χ0v) is 10.5. The maximum atomic E-state index is 3.60. The molecule has 15 heavy (non-hydrogen) atoms. The molecule has 0 aromatic carbocycles. The molecule has 1 N–H and O–H groups in total. The SMILES string of the molecule is CCNC1CCC(C)C(c2ccsc2)C1. The molecule has 0 aliphatic heterocycles. The largest absolute Gasteiger partial charge is 0.314 e. The third-order valence-electron chi connectivity index (χ3n) is 3.66. The van der Waals surface area contributed by atoms with Crippen molar-refractivity contribution < 1.29 is 0 Å². The van der Waals surface area contributed by atoms with E-state index in [2.05, 4.69) is 36.0 Å². The molecule has 1 aromatic rings.